The van der Waals surface area contributed by atoms with Crippen LogP contribution in [0.1, 0.15) is 19.4 Å². The minimum Gasteiger partial charge on any atom is -0.497 e. The van der Waals surface area contributed by atoms with E-state index in [1.807, 2.05) is 18.2 Å². The molecule has 0 saturated heterocycles. The number of rotatable bonds is 10. The highest BCUT2D eigenvalue weighted by Gasteiger charge is 2.21. The van der Waals surface area contributed by atoms with E-state index in [1.54, 1.807) is 31.4 Å². The first kappa shape index (κ1) is 20.4. The molecule has 0 aromatic heterocycles. The van der Waals surface area contributed by atoms with Crippen molar-refractivity contribution in [1.82, 2.24) is 9.62 Å². The van der Waals surface area contributed by atoms with Crippen LogP contribution in [0.5, 0.6) is 5.75 Å². The molecule has 26 heavy (non-hydrogen) atoms. The molecule has 0 fully saturated rings. The number of ether oxygens (including phenoxy) is 1. The summed E-state index contributed by atoms with van der Waals surface area (Å²) in [4.78, 5) is 2.53. The molecule has 0 amide bonds. The lowest BCUT2D eigenvalue weighted by Gasteiger charge is -2.30. The highest BCUT2D eigenvalue weighted by atomic mass is 32.2. The van der Waals surface area contributed by atoms with Gasteiger partial charge in [-0.25, -0.2) is 13.1 Å². The predicted octanol–water partition coefficient (Wildman–Crippen LogP) is 2.93. The maximum atomic E-state index is 12.6. The Labute approximate surface area is 157 Å². The van der Waals surface area contributed by atoms with Crippen LogP contribution in [0.15, 0.2) is 59.5 Å². The Kier molecular flexibility index (Phi) is 7.63. The molecule has 0 unspecified atom stereocenters. The molecular weight excluding hydrogens is 348 g/mol. The maximum absolute atomic E-state index is 12.6. The van der Waals surface area contributed by atoms with Crippen LogP contribution in [0.3, 0.4) is 0 Å². The summed E-state index contributed by atoms with van der Waals surface area (Å²) in [6.45, 7) is 6.31. The van der Waals surface area contributed by atoms with Crippen molar-refractivity contribution in [2.24, 2.45) is 0 Å². The highest BCUT2D eigenvalue weighted by molar-refractivity contribution is 7.89. The SMILES string of the molecule is CCN(CC)[C@@H](CNS(=O)(=O)c1ccc(OC)cc1)Cc1ccccc1. The van der Waals surface area contributed by atoms with Crippen molar-refractivity contribution in [3.8, 4) is 5.75 Å². The van der Waals surface area contributed by atoms with Gasteiger partial charge < -0.3 is 4.74 Å². The van der Waals surface area contributed by atoms with Crippen LogP contribution in [-0.4, -0.2) is 46.1 Å². The van der Waals surface area contributed by atoms with E-state index in [9.17, 15) is 8.42 Å². The van der Waals surface area contributed by atoms with Gasteiger partial charge in [0.15, 0.2) is 0 Å². The van der Waals surface area contributed by atoms with Gasteiger partial charge in [0.2, 0.25) is 10.0 Å². The van der Waals surface area contributed by atoms with Crippen molar-refractivity contribution < 1.29 is 13.2 Å². The summed E-state index contributed by atoms with van der Waals surface area (Å²) in [5, 5.41) is 0. The molecule has 0 heterocycles. The molecule has 2 rings (SSSR count). The summed E-state index contributed by atoms with van der Waals surface area (Å²) < 4.78 is 33.1. The van der Waals surface area contributed by atoms with Gasteiger partial charge in [-0.1, -0.05) is 44.2 Å². The Hall–Kier alpha value is -1.89. The molecule has 5 nitrogen and oxygen atoms in total. The van der Waals surface area contributed by atoms with Gasteiger partial charge in [-0.3, -0.25) is 4.90 Å². The van der Waals surface area contributed by atoms with Crippen molar-refractivity contribution in [3.63, 3.8) is 0 Å². The fourth-order valence-corrected chi connectivity index (χ4v) is 4.07. The van der Waals surface area contributed by atoms with Gasteiger partial charge in [-0.15, -0.1) is 0 Å². The third-order valence-electron chi connectivity index (χ3n) is 4.52. The number of nitrogens with one attached hydrogen (secondary N) is 1. The van der Waals surface area contributed by atoms with E-state index in [-0.39, 0.29) is 10.9 Å². The average molecular weight is 377 g/mol. The second-order valence-corrected chi connectivity index (χ2v) is 7.86. The fraction of sp³-hybridized carbons (Fsp3) is 0.400. The molecule has 0 aliphatic carbocycles. The van der Waals surface area contributed by atoms with E-state index in [0.29, 0.717) is 12.3 Å². The number of methoxy groups -OCH3 is 1. The van der Waals surface area contributed by atoms with Gasteiger partial charge in [0.25, 0.3) is 0 Å². The van der Waals surface area contributed by atoms with Crippen LogP contribution < -0.4 is 9.46 Å². The van der Waals surface area contributed by atoms with Crippen LogP contribution in [0.4, 0.5) is 0 Å². The first-order valence-electron chi connectivity index (χ1n) is 8.91. The van der Waals surface area contributed by atoms with E-state index in [4.69, 9.17) is 4.74 Å². The van der Waals surface area contributed by atoms with Gasteiger partial charge in [0, 0.05) is 12.6 Å². The van der Waals surface area contributed by atoms with E-state index in [2.05, 4.69) is 35.6 Å². The van der Waals surface area contributed by atoms with E-state index < -0.39 is 10.0 Å². The molecule has 142 valence electrons. The third kappa shape index (κ3) is 5.56. The summed E-state index contributed by atoms with van der Waals surface area (Å²) >= 11 is 0. The maximum Gasteiger partial charge on any atom is 0.240 e. The van der Waals surface area contributed by atoms with Gasteiger partial charge in [0.05, 0.1) is 12.0 Å². The molecule has 0 aliphatic rings. The number of hydrogen-bond acceptors (Lipinski definition) is 4. The van der Waals surface area contributed by atoms with Crippen molar-refractivity contribution in [2.75, 3.05) is 26.7 Å². The lowest BCUT2D eigenvalue weighted by atomic mass is 10.0. The molecule has 2 aromatic rings. The highest BCUT2D eigenvalue weighted by Crippen LogP contribution is 2.16. The van der Waals surface area contributed by atoms with Gasteiger partial charge in [-0.2, -0.15) is 0 Å². The molecule has 0 spiro atoms. The van der Waals surface area contributed by atoms with Gasteiger partial charge in [0.1, 0.15) is 5.75 Å². The summed E-state index contributed by atoms with van der Waals surface area (Å²) in [6, 6.07) is 16.7. The molecule has 1 atom stereocenters. The molecule has 2 aromatic carbocycles. The molecule has 6 heteroatoms. The third-order valence-corrected chi connectivity index (χ3v) is 5.96. The Morgan fingerprint density at radius 2 is 1.62 bits per heavy atom. The second kappa shape index (κ2) is 9.71. The van der Waals surface area contributed by atoms with Crippen LogP contribution in [0.2, 0.25) is 0 Å². The van der Waals surface area contributed by atoms with Crippen molar-refractivity contribution in [1.29, 1.82) is 0 Å². The number of nitrogens with zero attached hydrogens (tertiary/aromatic N) is 1. The standard InChI is InChI=1S/C20H28N2O3S/c1-4-22(5-2)18(15-17-9-7-6-8-10-17)16-21-26(23,24)20-13-11-19(25-3)12-14-20/h6-14,18,21H,4-5,15-16H2,1-3H3/t18-/m1/s1. The molecule has 0 saturated carbocycles. The normalized spacial score (nSPS) is 12.9. The molecule has 1 N–H and O–H groups in total. The van der Waals surface area contributed by atoms with Crippen LogP contribution in [0, 0.1) is 0 Å². The zero-order valence-corrected chi connectivity index (χ0v) is 16.5. The minimum atomic E-state index is -3.55. The summed E-state index contributed by atoms with van der Waals surface area (Å²) in [5.74, 6) is 0.633. The molecule has 0 bridgehead atoms. The second-order valence-electron chi connectivity index (χ2n) is 6.09. The Morgan fingerprint density at radius 1 is 1.00 bits per heavy atom. The van der Waals surface area contributed by atoms with E-state index in [1.165, 1.54) is 5.56 Å². The number of likely N-dealkylation sites (N-methyl/N-ethyl adjacent to an activating group) is 1. The number of benzene rings is 2. The van der Waals surface area contributed by atoms with E-state index >= 15 is 0 Å². The molecule has 0 aliphatic heterocycles. The smallest absolute Gasteiger partial charge is 0.240 e. The van der Waals surface area contributed by atoms with Crippen molar-refractivity contribution in [3.05, 3.63) is 60.2 Å². The van der Waals surface area contributed by atoms with Crippen LogP contribution >= 0.6 is 0 Å². The topological polar surface area (TPSA) is 58.6 Å². The lowest BCUT2D eigenvalue weighted by Crippen LogP contribution is -2.45. The largest absolute Gasteiger partial charge is 0.497 e. The monoisotopic (exact) mass is 376 g/mol. The molecular formula is C20H28N2O3S. The number of hydrogen-bond donors (Lipinski definition) is 1. The Morgan fingerprint density at radius 3 is 2.15 bits per heavy atom. The quantitative estimate of drug-likeness (QED) is 0.693. The van der Waals surface area contributed by atoms with Crippen molar-refractivity contribution >= 4 is 10.0 Å². The summed E-state index contributed by atoms with van der Waals surface area (Å²) in [5.41, 5.74) is 1.20. The lowest BCUT2D eigenvalue weighted by molar-refractivity contribution is 0.216. The minimum absolute atomic E-state index is 0.0976. The zero-order chi connectivity index (χ0) is 19.0. The predicted molar refractivity (Wildman–Crippen MR) is 105 cm³/mol. The Bertz CT molecular complexity index is 757. The van der Waals surface area contributed by atoms with Gasteiger partial charge >= 0.3 is 0 Å². The van der Waals surface area contributed by atoms with Crippen molar-refractivity contribution in [2.45, 2.75) is 31.2 Å². The fourth-order valence-electron chi connectivity index (χ4n) is 3.00. The average Bonchev–Trinajstić information content (AvgIpc) is 2.67. The summed E-state index contributed by atoms with van der Waals surface area (Å²) in [7, 11) is -2.00. The van der Waals surface area contributed by atoms with Crippen LogP contribution in [-0.2, 0) is 16.4 Å². The molecule has 0 radical (unpaired) electrons. The first-order valence-corrected chi connectivity index (χ1v) is 10.4. The van der Waals surface area contributed by atoms with Crippen LogP contribution in [0.25, 0.3) is 0 Å². The Balaban J connectivity index is 2.11. The van der Waals surface area contributed by atoms with E-state index in [0.717, 1.165) is 19.5 Å². The summed E-state index contributed by atoms with van der Waals surface area (Å²) in [6.07, 6.45) is 0.799. The van der Waals surface area contributed by atoms with Gasteiger partial charge in [-0.05, 0) is 49.3 Å². The number of sulfonamides is 1. The zero-order valence-electron chi connectivity index (χ0n) is 15.7. The first-order chi connectivity index (χ1) is 12.5.